The molecule has 0 saturated carbocycles. The van der Waals surface area contributed by atoms with E-state index in [0.29, 0.717) is 6.42 Å². The lowest BCUT2D eigenvalue weighted by Crippen LogP contribution is -2.45. The Morgan fingerprint density at radius 1 is 1.32 bits per heavy atom. The smallest absolute Gasteiger partial charge is 0.326 e. The highest BCUT2D eigenvalue weighted by atomic mass is 19.2. The molecule has 0 saturated heterocycles. The molecule has 1 aromatic carbocycles. The summed E-state index contributed by atoms with van der Waals surface area (Å²) in [6.07, 6.45) is 0.565. The van der Waals surface area contributed by atoms with Crippen LogP contribution < -0.4 is 5.32 Å². The van der Waals surface area contributed by atoms with Crippen LogP contribution in [-0.2, 0) is 4.79 Å². The number of aliphatic carboxylic acids is 1. The summed E-state index contributed by atoms with van der Waals surface area (Å²) in [5.41, 5.74) is -0.117. The van der Waals surface area contributed by atoms with Gasteiger partial charge in [-0.15, -0.1) is 0 Å². The van der Waals surface area contributed by atoms with E-state index >= 15 is 0 Å². The summed E-state index contributed by atoms with van der Waals surface area (Å²) in [6.45, 7) is 3.48. The predicted octanol–water partition coefficient (Wildman–Crippen LogP) is 2.19. The van der Waals surface area contributed by atoms with Gasteiger partial charge in [-0.25, -0.2) is 13.6 Å². The van der Waals surface area contributed by atoms with Crippen molar-refractivity contribution >= 4 is 11.9 Å². The van der Waals surface area contributed by atoms with Crippen LogP contribution in [0, 0.1) is 17.6 Å². The maximum Gasteiger partial charge on any atom is 0.326 e. The first-order valence-electron chi connectivity index (χ1n) is 5.85. The second kappa shape index (κ2) is 6.26. The molecular weight excluding hydrogens is 256 g/mol. The van der Waals surface area contributed by atoms with Gasteiger partial charge in [0.25, 0.3) is 5.91 Å². The number of carboxylic acids is 1. The number of carbonyl (C=O) groups is 2. The van der Waals surface area contributed by atoms with Gasteiger partial charge >= 0.3 is 5.97 Å². The SMILES string of the molecule is CCC(C)[C@H](NC(=O)c1ccc(F)c(F)c1)C(=O)O. The third-order valence-corrected chi connectivity index (χ3v) is 2.95. The first-order chi connectivity index (χ1) is 8.86. The highest BCUT2D eigenvalue weighted by Gasteiger charge is 2.25. The molecule has 6 heteroatoms. The van der Waals surface area contributed by atoms with Crippen LogP contribution in [-0.4, -0.2) is 23.0 Å². The molecule has 0 heterocycles. The lowest BCUT2D eigenvalue weighted by atomic mass is 9.99. The van der Waals surface area contributed by atoms with E-state index in [4.69, 9.17) is 5.11 Å². The van der Waals surface area contributed by atoms with Crippen LogP contribution in [0.4, 0.5) is 8.78 Å². The van der Waals surface area contributed by atoms with Gasteiger partial charge in [-0.2, -0.15) is 0 Å². The van der Waals surface area contributed by atoms with E-state index in [-0.39, 0.29) is 11.5 Å². The summed E-state index contributed by atoms with van der Waals surface area (Å²) in [5.74, 6) is -4.39. The Bertz CT molecular complexity index is 491. The van der Waals surface area contributed by atoms with Gasteiger partial charge in [0.2, 0.25) is 0 Å². The molecular formula is C13H15F2NO3. The van der Waals surface area contributed by atoms with Crippen LogP contribution in [0.3, 0.4) is 0 Å². The minimum atomic E-state index is -1.16. The fraction of sp³-hybridized carbons (Fsp3) is 0.385. The predicted molar refractivity (Wildman–Crippen MR) is 64.7 cm³/mol. The van der Waals surface area contributed by atoms with Crippen LogP contribution >= 0.6 is 0 Å². The molecule has 1 rings (SSSR count). The zero-order valence-corrected chi connectivity index (χ0v) is 10.6. The molecule has 0 aromatic heterocycles. The number of carbonyl (C=O) groups excluding carboxylic acids is 1. The molecule has 4 nitrogen and oxygen atoms in total. The number of hydrogen-bond donors (Lipinski definition) is 2. The van der Waals surface area contributed by atoms with Crippen molar-refractivity contribution in [1.29, 1.82) is 0 Å². The molecule has 2 atom stereocenters. The normalized spacial score (nSPS) is 13.7. The Morgan fingerprint density at radius 2 is 1.95 bits per heavy atom. The topological polar surface area (TPSA) is 66.4 Å². The molecule has 104 valence electrons. The average molecular weight is 271 g/mol. The number of carboxylic acid groups (broad SMARTS) is 1. The number of halogens is 2. The van der Waals surface area contributed by atoms with E-state index in [0.717, 1.165) is 18.2 Å². The fourth-order valence-electron chi connectivity index (χ4n) is 1.55. The molecule has 0 bridgehead atoms. The summed E-state index contributed by atoms with van der Waals surface area (Å²) in [5, 5.41) is 11.3. The zero-order valence-electron chi connectivity index (χ0n) is 10.6. The maximum atomic E-state index is 13.0. The van der Waals surface area contributed by atoms with Gasteiger partial charge in [0, 0.05) is 5.56 Å². The molecule has 0 aliphatic carbocycles. The van der Waals surface area contributed by atoms with E-state index in [1.807, 2.05) is 0 Å². The van der Waals surface area contributed by atoms with Gasteiger partial charge in [0.05, 0.1) is 0 Å². The van der Waals surface area contributed by atoms with Crippen molar-refractivity contribution in [2.75, 3.05) is 0 Å². The Kier molecular flexibility index (Phi) is 4.97. The summed E-state index contributed by atoms with van der Waals surface area (Å²) in [4.78, 5) is 22.8. The van der Waals surface area contributed by atoms with Crippen molar-refractivity contribution in [1.82, 2.24) is 5.32 Å². The van der Waals surface area contributed by atoms with Gasteiger partial charge in [-0.1, -0.05) is 20.3 Å². The van der Waals surface area contributed by atoms with Crippen LogP contribution in [0.25, 0.3) is 0 Å². The van der Waals surface area contributed by atoms with Crippen molar-refractivity contribution in [3.8, 4) is 0 Å². The van der Waals surface area contributed by atoms with Gasteiger partial charge < -0.3 is 10.4 Å². The van der Waals surface area contributed by atoms with Crippen molar-refractivity contribution in [3.63, 3.8) is 0 Å². The van der Waals surface area contributed by atoms with Crippen molar-refractivity contribution in [3.05, 3.63) is 35.4 Å². The summed E-state index contributed by atoms with van der Waals surface area (Å²) < 4.78 is 25.7. The van der Waals surface area contributed by atoms with E-state index in [2.05, 4.69) is 5.32 Å². The second-order valence-electron chi connectivity index (χ2n) is 4.30. The van der Waals surface area contributed by atoms with Gasteiger partial charge in [0.15, 0.2) is 11.6 Å². The van der Waals surface area contributed by atoms with Gasteiger partial charge in [-0.3, -0.25) is 4.79 Å². The average Bonchev–Trinajstić information content (AvgIpc) is 2.37. The Hall–Kier alpha value is -1.98. The largest absolute Gasteiger partial charge is 0.480 e. The molecule has 0 radical (unpaired) electrons. The molecule has 0 spiro atoms. The summed E-state index contributed by atoms with van der Waals surface area (Å²) in [6, 6.07) is 1.60. The first kappa shape index (κ1) is 15.1. The Morgan fingerprint density at radius 3 is 2.42 bits per heavy atom. The van der Waals surface area contributed by atoms with E-state index < -0.39 is 29.6 Å². The number of hydrogen-bond acceptors (Lipinski definition) is 2. The number of rotatable bonds is 5. The zero-order chi connectivity index (χ0) is 14.6. The van der Waals surface area contributed by atoms with Crippen molar-refractivity contribution in [2.24, 2.45) is 5.92 Å². The second-order valence-corrected chi connectivity index (χ2v) is 4.30. The minimum Gasteiger partial charge on any atom is -0.480 e. The van der Waals surface area contributed by atoms with Crippen LogP contribution in [0.15, 0.2) is 18.2 Å². The lowest BCUT2D eigenvalue weighted by Gasteiger charge is -2.20. The number of amides is 1. The van der Waals surface area contributed by atoms with Crippen molar-refractivity contribution < 1.29 is 23.5 Å². The summed E-state index contributed by atoms with van der Waals surface area (Å²) >= 11 is 0. The number of benzene rings is 1. The highest BCUT2D eigenvalue weighted by molar-refractivity contribution is 5.96. The molecule has 19 heavy (non-hydrogen) atoms. The van der Waals surface area contributed by atoms with Gasteiger partial charge in [-0.05, 0) is 24.1 Å². The van der Waals surface area contributed by atoms with Crippen LogP contribution in [0.2, 0.25) is 0 Å². The van der Waals surface area contributed by atoms with Crippen LogP contribution in [0.1, 0.15) is 30.6 Å². The Labute approximate surface area is 109 Å². The maximum absolute atomic E-state index is 13.0. The molecule has 1 amide bonds. The molecule has 1 aromatic rings. The Balaban J connectivity index is 2.87. The standard InChI is InChI=1S/C13H15F2NO3/c1-3-7(2)11(13(18)19)16-12(17)8-4-5-9(14)10(15)6-8/h4-7,11H,3H2,1-2H3,(H,16,17)(H,18,19)/t7?,11-/m0/s1. The monoisotopic (exact) mass is 271 g/mol. The molecule has 1 unspecified atom stereocenters. The number of nitrogens with one attached hydrogen (secondary N) is 1. The summed E-state index contributed by atoms with van der Waals surface area (Å²) in [7, 11) is 0. The van der Waals surface area contributed by atoms with Gasteiger partial charge in [0.1, 0.15) is 6.04 Å². The molecule has 0 aliphatic heterocycles. The van der Waals surface area contributed by atoms with Crippen molar-refractivity contribution in [2.45, 2.75) is 26.3 Å². The first-order valence-corrected chi connectivity index (χ1v) is 5.85. The third-order valence-electron chi connectivity index (χ3n) is 2.95. The highest BCUT2D eigenvalue weighted by Crippen LogP contribution is 2.11. The van der Waals surface area contributed by atoms with E-state index in [1.165, 1.54) is 0 Å². The molecule has 2 N–H and O–H groups in total. The lowest BCUT2D eigenvalue weighted by molar-refractivity contribution is -0.140. The van der Waals surface area contributed by atoms with Crippen LogP contribution in [0.5, 0.6) is 0 Å². The quantitative estimate of drug-likeness (QED) is 0.862. The minimum absolute atomic E-state index is 0.117. The van der Waals surface area contributed by atoms with E-state index in [9.17, 15) is 18.4 Å². The fourth-order valence-corrected chi connectivity index (χ4v) is 1.55. The van der Waals surface area contributed by atoms with E-state index in [1.54, 1.807) is 13.8 Å². The molecule has 0 aliphatic rings. The molecule has 0 fully saturated rings. The third kappa shape index (κ3) is 3.74.